The highest BCUT2D eigenvalue weighted by Gasteiger charge is 2.05. The third kappa shape index (κ3) is 2.95. The summed E-state index contributed by atoms with van der Waals surface area (Å²) in [5.41, 5.74) is 1.48. The van der Waals surface area contributed by atoms with Gasteiger partial charge in [0.05, 0.1) is 17.8 Å². The number of nitrogens with zero attached hydrogens (tertiary/aromatic N) is 3. The maximum Gasteiger partial charge on any atom is 0.138 e. The minimum Gasteiger partial charge on any atom is -0.486 e. The summed E-state index contributed by atoms with van der Waals surface area (Å²) in [5, 5.41) is 17.1. The van der Waals surface area contributed by atoms with Gasteiger partial charge in [-0.2, -0.15) is 0 Å². The molecule has 0 spiro atoms. The van der Waals surface area contributed by atoms with Crippen molar-refractivity contribution in [2.45, 2.75) is 13.2 Å². The molecule has 1 N–H and O–H groups in total. The number of hydrogen-bond donors (Lipinski definition) is 1. The predicted octanol–water partition coefficient (Wildman–Crippen LogP) is 1.54. The summed E-state index contributed by atoms with van der Waals surface area (Å²) >= 11 is 6.00. The lowest BCUT2D eigenvalue weighted by Crippen LogP contribution is -1.97. The Kier molecular flexibility index (Phi) is 3.61. The van der Waals surface area contributed by atoms with Crippen molar-refractivity contribution in [3.8, 4) is 5.75 Å². The minimum atomic E-state index is -0.0375. The van der Waals surface area contributed by atoms with Crippen LogP contribution < -0.4 is 4.74 Å². The van der Waals surface area contributed by atoms with Gasteiger partial charge in [-0.15, -0.1) is 5.10 Å². The van der Waals surface area contributed by atoms with Crippen molar-refractivity contribution in [3.63, 3.8) is 0 Å². The van der Waals surface area contributed by atoms with E-state index in [1.165, 1.54) is 0 Å². The number of ether oxygens (including phenoxy) is 1. The van der Waals surface area contributed by atoms with Gasteiger partial charge in [-0.3, -0.25) is 4.68 Å². The second-order valence-corrected chi connectivity index (χ2v) is 4.00. The lowest BCUT2D eigenvalue weighted by Gasteiger charge is -2.07. The Morgan fingerprint density at radius 1 is 1.47 bits per heavy atom. The first-order valence-corrected chi connectivity index (χ1v) is 5.44. The molecule has 2 rings (SSSR count). The van der Waals surface area contributed by atoms with Gasteiger partial charge < -0.3 is 9.84 Å². The molecule has 0 aliphatic carbocycles. The molecule has 0 aliphatic heterocycles. The Morgan fingerprint density at radius 3 is 2.88 bits per heavy atom. The average Bonchev–Trinajstić information content (AvgIpc) is 2.73. The minimum absolute atomic E-state index is 0.0375. The highest BCUT2D eigenvalue weighted by atomic mass is 35.5. The van der Waals surface area contributed by atoms with Gasteiger partial charge in [0, 0.05) is 7.05 Å². The van der Waals surface area contributed by atoms with Crippen molar-refractivity contribution < 1.29 is 9.84 Å². The fourth-order valence-corrected chi connectivity index (χ4v) is 1.63. The van der Waals surface area contributed by atoms with Crippen molar-refractivity contribution in [1.82, 2.24) is 15.0 Å². The second-order valence-electron chi connectivity index (χ2n) is 3.60. The van der Waals surface area contributed by atoms with Crippen LogP contribution in [0.25, 0.3) is 0 Å². The Morgan fingerprint density at radius 2 is 2.29 bits per heavy atom. The van der Waals surface area contributed by atoms with Crippen LogP contribution >= 0.6 is 11.6 Å². The number of aryl methyl sites for hydroxylation is 1. The Hall–Kier alpha value is -1.59. The van der Waals surface area contributed by atoms with E-state index in [0.29, 0.717) is 17.4 Å². The Balaban J connectivity index is 2.04. The molecular formula is C11H12ClN3O2. The number of hydrogen-bond acceptors (Lipinski definition) is 4. The van der Waals surface area contributed by atoms with E-state index in [4.69, 9.17) is 21.4 Å². The van der Waals surface area contributed by atoms with Crippen LogP contribution in [0.5, 0.6) is 5.75 Å². The number of halogens is 1. The smallest absolute Gasteiger partial charge is 0.138 e. The molecule has 5 nitrogen and oxygen atoms in total. The van der Waals surface area contributed by atoms with Gasteiger partial charge in [0.1, 0.15) is 18.1 Å². The fraction of sp³-hybridized carbons (Fsp3) is 0.273. The highest BCUT2D eigenvalue weighted by molar-refractivity contribution is 6.32. The normalized spacial score (nSPS) is 10.5. The van der Waals surface area contributed by atoms with Crippen molar-refractivity contribution >= 4 is 11.6 Å². The molecule has 0 amide bonds. The van der Waals surface area contributed by atoms with Gasteiger partial charge >= 0.3 is 0 Å². The van der Waals surface area contributed by atoms with Gasteiger partial charge in [-0.25, -0.2) is 0 Å². The summed E-state index contributed by atoms with van der Waals surface area (Å²) in [4.78, 5) is 0. The zero-order valence-corrected chi connectivity index (χ0v) is 10.1. The predicted molar refractivity (Wildman–Crippen MR) is 62.7 cm³/mol. The van der Waals surface area contributed by atoms with Crippen LogP contribution in [0.3, 0.4) is 0 Å². The lowest BCUT2D eigenvalue weighted by molar-refractivity contribution is 0.280. The van der Waals surface area contributed by atoms with E-state index >= 15 is 0 Å². The molecule has 0 atom stereocenters. The average molecular weight is 254 g/mol. The topological polar surface area (TPSA) is 60.2 Å². The van der Waals surface area contributed by atoms with Crippen molar-refractivity contribution in [2.75, 3.05) is 0 Å². The molecule has 6 heteroatoms. The van der Waals surface area contributed by atoms with Crippen LogP contribution in [0.2, 0.25) is 5.02 Å². The summed E-state index contributed by atoms with van der Waals surface area (Å²) in [6, 6.07) is 5.16. The number of benzene rings is 1. The molecule has 0 aliphatic rings. The third-order valence-corrected chi connectivity index (χ3v) is 2.50. The first-order chi connectivity index (χ1) is 8.19. The standard InChI is InChI=1S/C11H12ClN3O2/c1-15-5-9(13-14-15)7-17-11-3-2-8(6-16)4-10(11)12/h2-5,16H,6-7H2,1H3. The summed E-state index contributed by atoms with van der Waals surface area (Å²) < 4.78 is 7.11. The number of aliphatic hydroxyl groups excluding tert-OH is 1. The van der Waals surface area contributed by atoms with Crippen molar-refractivity contribution in [3.05, 3.63) is 40.7 Å². The molecule has 90 valence electrons. The molecule has 17 heavy (non-hydrogen) atoms. The van der Waals surface area contributed by atoms with Gasteiger partial charge in [-0.1, -0.05) is 22.9 Å². The van der Waals surface area contributed by atoms with E-state index in [0.717, 1.165) is 11.3 Å². The van der Waals surface area contributed by atoms with E-state index < -0.39 is 0 Å². The molecule has 1 heterocycles. The fourth-order valence-electron chi connectivity index (χ4n) is 1.37. The van der Waals surface area contributed by atoms with E-state index in [1.54, 1.807) is 36.1 Å². The van der Waals surface area contributed by atoms with Crippen molar-refractivity contribution in [2.24, 2.45) is 7.05 Å². The largest absolute Gasteiger partial charge is 0.486 e. The lowest BCUT2D eigenvalue weighted by atomic mass is 10.2. The number of aromatic nitrogens is 3. The number of aliphatic hydroxyl groups is 1. The zero-order chi connectivity index (χ0) is 12.3. The summed E-state index contributed by atoms with van der Waals surface area (Å²) in [6.45, 7) is 0.274. The maximum atomic E-state index is 8.94. The van der Waals surface area contributed by atoms with Crippen LogP contribution in [0.1, 0.15) is 11.3 Å². The summed E-state index contributed by atoms with van der Waals surface area (Å²) in [7, 11) is 1.79. The van der Waals surface area contributed by atoms with Crippen LogP contribution in [0.4, 0.5) is 0 Å². The molecule has 1 aromatic heterocycles. The third-order valence-electron chi connectivity index (χ3n) is 2.20. The van der Waals surface area contributed by atoms with Crippen LogP contribution in [-0.2, 0) is 20.3 Å². The van der Waals surface area contributed by atoms with E-state index in [2.05, 4.69) is 10.3 Å². The first kappa shape index (κ1) is 11.9. The second kappa shape index (κ2) is 5.16. The highest BCUT2D eigenvalue weighted by Crippen LogP contribution is 2.26. The molecule has 0 saturated heterocycles. The summed E-state index contributed by atoms with van der Waals surface area (Å²) in [6.07, 6.45) is 1.77. The Labute approximate surface area is 104 Å². The summed E-state index contributed by atoms with van der Waals surface area (Å²) in [5.74, 6) is 0.564. The van der Waals surface area contributed by atoms with Gasteiger partial charge in [0.2, 0.25) is 0 Å². The van der Waals surface area contributed by atoms with Gasteiger partial charge in [0.15, 0.2) is 0 Å². The molecule has 0 unspecified atom stereocenters. The van der Waals surface area contributed by atoms with E-state index in [9.17, 15) is 0 Å². The SMILES string of the molecule is Cn1cc(COc2ccc(CO)cc2Cl)nn1. The Bertz CT molecular complexity index is 513. The van der Waals surface area contributed by atoms with Gasteiger partial charge in [-0.05, 0) is 17.7 Å². The van der Waals surface area contributed by atoms with Crippen molar-refractivity contribution in [1.29, 1.82) is 0 Å². The van der Waals surface area contributed by atoms with E-state index in [-0.39, 0.29) is 6.61 Å². The van der Waals surface area contributed by atoms with Crippen LogP contribution in [0.15, 0.2) is 24.4 Å². The van der Waals surface area contributed by atoms with Crippen LogP contribution in [-0.4, -0.2) is 20.1 Å². The molecule has 0 fully saturated rings. The molecule has 0 radical (unpaired) electrons. The molecule has 0 saturated carbocycles. The molecule has 2 aromatic rings. The first-order valence-electron chi connectivity index (χ1n) is 5.06. The molecular weight excluding hydrogens is 242 g/mol. The van der Waals surface area contributed by atoms with Crippen LogP contribution in [0, 0.1) is 0 Å². The molecule has 1 aromatic carbocycles. The van der Waals surface area contributed by atoms with E-state index in [1.807, 2.05) is 0 Å². The monoisotopic (exact) mass is 253 g/mol. The zero-order valence-electron chi connectivity index (χ0n) is 9.30. The quantitative estimate of drug-likeness (QED) is 0.898. The number of rotatable bonds is 4. The maximum absolute atomic E-state index is 8.94. The van der Waals surface area contributed by atoms with Gasteiger partial charge in [0.25, 0.3) is 0 Å². The molecule has 0 bridgehead atoms.